The summed E-state index contributed by atoms with van der Waals surface area (Å²) >= 11 is 3.41. The summed E-state index contributed by atoms with van der Waals surface area (Å²) in [5.41, 5.74) is 7.13. The van der Waals surface area contributed by atoms with Crippen LogP contribution in [0.1, 0.15) is 65.5 Å². The maximum Gasteiger partial charge on any atom is 0.416 e. The normalized spacial score (nSPS) is 19.5. The van der Waals surface area contributed by atoms with E-state index in [-0.39, 0.29) is 0 Å². The van der Waals surface area contributed by atoms with Crippen molar-refractivity contribution in [2.24, 2.45) is 0 Å². The maximum atomic E-state index is 14.5. The van der Waals surface area contributed by atoms with Gasteiger partial charge in [0.15, 0.2) is 5.60 Å². The molecule has 0 bridgehead atoms. The highest BCUT2D eigenvalue weighted by Gasteiger charge is 2.50. The molecule has 2 aliphatic carbocycles. The van der Waals surface area contributed by atoms with Gasteiger partial charge in [0.05, 0.1) is 32.0 Å². The van der Waals surface area contributed by atoms with Gasteiger partial charge in [0, 0.05) is 74.8 Å². The predicted octanol–water partition coefficient (Wildman–Crippen LogP) is 11.6. The monoisotopic (exact) mass is 820 g/mol. The molecule has 0 amide bonds. The Kier molecular flexibility index (Phi) is 9.78. The van der Waals surface area contributed by atoms with Gasteiger partial charge in [-0.3, -0.25) is 0 Å². The molecule has 1 spiro atoms. The Hall–Kier alpha value is -4.09. The maximum absolute atomic E-state index is 14.5. The molecule has 3 heterocycles. The molecular formula is C48H47F3N2O3S2. The zero-order chi connectivity index (χ0) is 39.6. The van der Waals surface area contributed by atoms with Crippen molar-refractivity contribution in [1.29, 1.82) is 0 Å². The lowest BCUT2D eigenvalue weighted by molar-refractivity contribution is -0.137. The van der Waals surface area contributed by atoms with Crippen LogP contribution < -0.4 is 14.5 Å². The van der Waals surface area contributed by atoms with Crippen molar-refractivity contribution in [3.63, 3.8) is 0 Å². The van der Waals surface area contributed by atoms with Crippen molar-refractivity contribution < 1.29 is 27.4 Å². The number of benzene rings is 5. The first-order chi connectivity index (χ1) is 28.2. The molecule has 0 N–H and O–H groups in total. The summed E-state index contributed by atoms with van der Waals surface area (Å²) in [6.45, 7) is 6.22. The number of ether oxygens (including phenoxy) is 3. The standard InChI is InChI=1S/C48H47F3N2O3S2/c1-57-41-29-38-39(30-42(41)58-2)45-37(44-43(38)36-15-10-33(48(49,50)51)28-40(36)46(44)17-4-3-5-18-46)16-19-47(56-45,31-6-11-34(12-7-31)52-20-24-54-25-21-52)32-8-13-35(14-9-32)53-22-26-55-27-23-53/h6-16,19,28-30H,3-5,17-18,20-27H2,1-2H3. The van der Waals surface area contributed by atoms with Crippen LogP contribution in [0.15, 0.2) is 94.7 Å². The molecule has 3 aliphatic heterocycles. The lowest BCUT2D eigenvalue weighted by atomic mass is 9.66. The molecule has 3 fully saturated rings. The van der Waals surface area contributed by atoms with Gasteiger partial charge in [0.1, 0.15) is 5.75 Å². The smallest absolute Gasteiger partial charge is 0.416 e. The minimum Gasteiger partial charge on any atom is -0.472 e. The van der Waals surface area contributed by atoms with E-state index in [2.05, 4.69) is 95.1 Å². The minimum absolute atomic E-state index is 0.548. The summed E-state index contributed by atoms with van der Waals surface area (Å²) in [7, 11) is 0. The molecule has 5 aromatic rings. The van der Waals surface area contributed by atoms with Crippen LogP contribution in [0.5, 0.6) is 5.75 Å². The third-order valence-corrected chi connectivity index (χ3v) is 14.9. The van der Waals surface area contributed by atoms with Crippen LogP contribution in [0.3, 0.4) is 0 Å². The van der Waals surface area contributed by atoms with Crippen LogP contribution in [0.2, 0.25) is 0 Å². The first kappa shape index (κ1) is 38.1. The van der Waals surface area contributed by atoms with E-state index < -0.39 is 22.8 Å². The molecule has 10 heteroatoms. The second-order valence-corrected chi connectivity index (χ2v) is 17.8. The van der Waals surface area contributed by atoms with Crippen LogP contribution in [0.25, 0.3) is 28.0 Å². The van der Waals surface area contributed by atoms with E-state index in [0.29, 0.717) is 26.4 Å². The van der Waals surface area contributed by atoms with E-state index in [0.717, 1.165) is 135 Å². The van der Waals surface area contributed by atoms with E-state index in [4.69, 9.17) is 14.2 Å². The van der Waals surface area contributed by atoms with E-state index in [1.165, 1.54) is 12.1 Å². The number of rotatable bonds is 6. The molecule has 0 aromatic heterocycles. The van der Waals surface area contributed by atoms with Gasteiger partial charge in [-0.1, -0.05) is 55.7 Å². The Morgan fingerprint density at radius 3 is 1.74 bits per heavy atom. The summed E-state index contributed by atoms with van der Waals surface area (Å²) in [4.78, 5) is 7.02. The fourth-order valence-electron chi connectivity index (χ4n) is 10.3. The predicted molar refractivity (Wildman–Crippen MR) is 231 cm³/mol. The van der Waals surface area contributed by atoms with Gasteiger partial charge in [-0.15, -0.1) is 23.5 Å². The second kappa shape index (κ2) is 14.9. The molecule has 58 heavy (non-hydrogen) atoms. The highest BCUT2D eigenvalue weighted by molar-refractivity contribution is 8.01. The van der Waals surface area contributed by atoms with Crippen LogP contribution in [0.4, 0.5) is 24.5 Å². The highest BCUT2D eigenvalue weighted by atomic mass is 32.2. The number of fused-ring (bicyclic) bond motifs is 10. The van der Waals surface area contributed by atoms with E-state index in [9.17, 15) is 13.2 Å². The zero-order valence-electron chi connectivity index (χ0n) is 32.9. The van der Waals surface area contributed by atoms with Crippen LogP contribution in [-0.4, -0.2) is 65.1 Å². The Labute approximate surface area is 346 Å². The molecule has 1 saturated carbocycles. The van der Waals surface area contributed by atoms with Gasteiger partial charge in [-0.25, -0.2) is 0 Å². The van der Waals surface area contributed by atoms with Crippen LogP contribution in [0, 0.1) is 0 Å². The number of nitrogens with zero attached hydrogens (tertiary/aromatic N) is 2. The summed E-state index contributed by atoms with van der Waals surface area (Å²) in [6.07, 6.45) is 8.82. The molecule has 5 aromatic carbocycles. The fourth-order valence-corrected chi connectivity index (χ4v) is 11.8. The number of thioether (sulfide) groups is 2. The van der Waals surface area contributed by atoms with Gasteiger partial charge >= 0.3 is 6.18 Å². The molecule has 5 aliphatic rings. The average Bonchev–Trinajstić information content (AvgIpc) is 3.54. The van der Waals surface area contributed by atoms with Gasteiger partial charge in [-0.05, 0) is 108 Å². The number of alkyl halides is 3. The first-order valence-corrected chi connectivity index (χ1v) is 22.9. The summed E-state index contributed by atoms with van der Waals surface area (Å²) in [5, 5.41) is 2.02. The number of hydrogen-bond donors (Lipinski definition) is 0. The van der Waals surface area contributed by atoms with Crippen molar-refractivity contribution in [1.82, 2.24) is 0 Å². The molecule has 0 atom stereocenters. The molecule has 5 nitrogen and oxygen atoms in total. The van der Waals surface area contributed by atoms with E-state index in [1.807, 2.05) is 0 Å². The van der Waals surface area contributed by atoms with Crippen molar-refractivity contribution >= 4 is 51.7 Å². The number of morpholine rings is 2. The third-order valence-electron chi connectivity index (χ3n) is 13.2. The first-order valence-electron chi connectivity index (χ1n) is 20.5. The Morgan fingerprint density at radius 2 is 1.21 bits per heavy atom. The minimum atomic E-state index is -4.43. The van der Waals surface area contributed by atoms with Gasteiger partial charge < -0.3 is 24.0 Å². The summed E-state index contributed by atoms with van der Waals surface area (Å²) in [6, 6.07) is 26.6. The number of halogens is 3. The largest absolute Gasteiger partial charge is 0.472 e. The van der Waals surface area contributed by atoms with Crippen molar-refractivity contribution in [2.75, 3.05) is 74.9 Å². The lowest BCUT2D eigenvalue weighted by Gasteiger charge is -2.41. The summed E-state index contributed by atoms with van der Waals surface area (Å²) in [5.74, 6) is 0.794. The fraction of sp³-hybridized carbons (Fsp3) is 0.375. The Balaban J connectivity index is 1.21. The van der Waals surface area contributed by atoms with Gasteiger partial charge in [0.2, 0.25) is 0 Å². The number of hydrogen-bond acceptors (Lipinski definition) is 7. The second-order valence-electron chi connectivity index (χ2n) is 16.1. The number of anilines is 2. The van der Waals surface area contributed by atoms with Crippen LogP contribution >= 0.6 is 23.5 Å². The summed E-state index contributed by atoms with van der Waals surface area (Å²) < 4.78 is 62.4. The topological polar surface area (TPSA) is 34.2 Å². The molecule has 2 saturated heterocycles. The van der Waals surface area contributed by atoms with Crippen molar-refractivity contribution in [3.05, 3.63) is 118 Å². The van der Waals surface area contributed by atoms with Crippen LogP contribution in [-0.2, 0) is 26.7 Å². The molecular weight excluding hydrogens is 774 g/mol. The zero-order valence-corrected chi connectivity index (χ0v) is 34.6. The lowest BCUT2D eigenvalue weighted by Crippen LogP contribution is -2.37. The average molecular weight is 821 g/mol. The van der Waals surface area contributed by atoms with E-state index in [1.54, 1.807) is 29.6 Å². The highest BCUT2D eigenvalue weighted by Crippen LogP contribution is 2.63. The van der Waals surface area contributed by atoms with Gasteiger partial charge in [-0.2, -0.15) is 13.2 Å². The van der Waals surface area contributed by atoms with Gasteiger partial charge in [0.25, 0.3) is 0 Å². The SMILES string of the molecule is CSc1cc2c3c(c4c(c2cc1SC)-c1ccc(C(F)(F)F)cc1C41CCCCC1)C=CC(c1ccc(N2CCOCC2)cc1)(c1ccc(N2CCOCC2)cc1)O3. The molecule has 0 radical (unpaired) electrons. The van der Waals surface area contributed by atoms with E-state index >= 15 is 0 Å². The Bertz CT molecular complexity index is 2330. The van der Waals surface area contributed by atoms with Crippen molar-refractivity contribution in [2.45, 2.75) is 59.1 Å². The molecule has 0 unspecified atom stereocenters. The third kappa shape index (κ3) is 6.15. The quantitative estimate of drug-likeness (QED) is 0.158. The Morgan fingerprint density at radius 1 is 0.655 bits per heavy atom. The van der Waals surface area contributed by atoms with Crippen molar-refractivity contribution in [3.8, 4) is 16.9 Å². The molecule has 300 valence electrons. The molecule has 10 rings (SSSR count).